The Morgan fingerprint density at radius 1 is 0.792 bits per heavy atom. The Morgan fingerprint density at radius 3 is 1.88 bits per heavy atom. The maximum atomic E-state index is 13.1. The Balaban J connectivity index is 1.80. The molecule has 0 N–H and O–H groups in total. The van der Waals surface area contributed by atoms with Crippen molar-refractivity contribution in [1.82, 2.24) is 0 Å². The largest absolute Gasteiger partial charge is 0.416 e. The number of aryl methyl sites for hydroxylation is 2. The average molecular weight is 342 g/mol. The highest BCUT2D eigenvalue weighted by atomic mass is 19.4. The third kappa shape index (κ3) is 5.32. The number of rotatable bonds is 6. The van der Waals surface area contributed by atoms with Crippen LogP contribution in [-0.4, -0.2) is 0 Å². The normalized spacial score (nSPS) is 13.1. The highest BCUT2D eigenvalue weighted by molar-refractivity contribution is 5.24. The summed E-state index contributed by atoms with van der Waals surface area (Å²) in [6.07, 6.45) is -1.33. The van der Waals surface area contributed by atoms with Crippen LogP contribution in [0, 0.1) is 17.6 Å². The number of benzene rings is 2. The summed E-state index contributed by atoms with van der Waals surface area (Å²) in [6, 6.07) is 9.11. The molecule has 0 radical (unpaired) electrons. The molecule has 1 atom stereocenters. The molecule has 5 heteroatoms. The Bertz CT molecular complexity index is 658. The van der Waals surface area contributed by atoms with Gasteiger partial charge in [0, 0.05) is 0 Å². The average Bonchev–Trinajstić information content (AvgIpc) is 2.53. The molecule has 0 aromatic heterocycles. The quantitative estimate of drug-likeness (QED) is 0.550. The zero-order valence-electron chi connectivity index (χ0n) is 13.3. The second-order valence-electron chi connectivity index (χ2n) is 6.13. The first kappa shape index (κ1) is 18.4. The smallest absolute Gasteiger partial charge is 0.204 e. The van der Waals surface area contributed by atoms with Gasteiger partial charge in [0.2, 0.25) is 0 Å². The lowest BCUT2D eigenvalue weighted by atomic mass is 9.94. The summed E-state index contributed by atoms with van der Waals surface area (Å²) in [7, 11) is 0. The van der Waals surface area contributed by atoms with Crippen LogP contribution in [0.2, 0.25) is 0 Å². The molecule has 2 rings (SSSR count). The van der Waals surface area contributed by atoms with Gasteiger partial charge in [-0.25, -0.2) is 8.78 Å². The molecule has 0 bridgehead atoms. The predicted molar refractivity (Wildman–Crippen MR) is 83.6 cm³/mol. The van der Waals surface area contributed by atoms with Crippen molar-refractivity contribution in [2.24, 2.45) is 5.92 Å². The molecular weight excluding hydrogens is 323 g/mol. The molecule has 0 fully saturated rings. The summed E-state index contributed by atoms with van der Waals surface area (Å²) >= 11 is 0. The van der Waals surface area contributed by atoms with Gasteiger partial charge < -0.3 is 0 Å². The molecule has 2 aromatic carbocycles. The molecule has 130 valence electrons. The van der Waals surface area contributed by atoms with Crippen LogP contribution in [0.4, 0.5) is 22.0 Å². The number of hydrogen-bond acceptors (Lipinski definition) is 0. The van der Waals surface area contributed by atoms with Gasteiger partial charge in [-0.05, 0) is 67.0 Å². The van der Waals surface area contributed by atoms with Crippen molar-refractivity contribution < 1.29 is 22.0 Å². The molecule has 0 saturated carbocycles. The molecule has 0 heterocycles. The van der Waals surface area contributed by atoms with Crippen molar-refractivity contribution in [1.29, 1.82) is 0 Å². The van der Waals surface area contributed by atoms with Gasteiger partial charge in [0.05, 0.1) is 5.56 Å². The summed E-state index contributed by atoms with van der Waals surface area (Å²) in [5.74, 6) is -1.36. The van der Waals surface area contributed by atoms with Crippen molar-refractivity contribution >= 4 is 0 Å². The van der Waals surface area contributed by atoms with Gasteiger partial charge in [0.15, 0.2) is 11.6 Å². The monoisotopic (exact) mass is 342 g/mol. The van der Waals surface area contributed by atoms with Gasteiger partial charge in [-0.1, -0.05) is 25.1 Å². The maximum Gasteiger partial charge on any atom is 0.416 e. The number of halogens is 5. The van der Waals surface area contributed by atoms with E-state index in [-0.39, 0.29) is 0 Å². The van der Waals surface area contributed by atoms with E-state index in [2.05, 4.69) is 0 Å². The van der Waals surface area contributed by atoms with E-state index in [4.69, 9.17) is 0 Å². The molecule has 0 spiro atoms. The lowest BCUT2D eigenvalue weighted by Gasteiger charge is -2.12. The third-order valence-electron chi connectivity index (χ3n) is 4.12. The molecular formula is C19H19F5. The van der Waals surface area contributed by atoms with Gasteiger partial charge in [-0.2, -0.15) is 13.2 Å². The van der Waals surface area contributed by atoms with Crippen LogP contribution in [0.25, 0.3) is 0 Å². The minimum absolute atomic E-state index is 0.334. The van der Waals surface area contributed by atoms with Gasteiger partial charge in [0.1, 0.15) is 0 Å². The first-order chi connectivity index (χ1) is 11.3. The molecule has 0 aliphatic rings. The molecule has 2 aromatic rings. The lowest BCUT2D eigenvalue weighted by molar-refractivity contribution is -0.137. The highest BCUT2D eigenvalue weighted by Crippen LogP contribution is 2.29. The highest BCUT2D eigenvalue weighted by Gasteiger charge is 2.29. The summed E-state index contributed by atoms with van der Waals surface area (Å²) in [5.41, 5.74) is 0.968. The van der Waals surface area contributed by atoms with Gasteiger partial charge in [0.25, 0.3) is 0 Å². The first-order valence-electron chi connectivity index (χ1n) is 7.86. The minimum Gasteiger partial charge on any atom is -0.204 e. The molecule has 0 aliphatic heterocycles. The fourth-order valence-corrected chi connectivity index (χ4v) is 2.53. The predicted octanol–water partition coefficient (Wildman–Crippen LogP) is 6.19. The van der Waals surface area contributed by atoms with Gasteiger partial charge in [-0.3, -0.25) is 0 Å². The van der Waals surface area contributed by atoms with Crippen LogP contribution >= 0.6 is 0 Å². The van der Waals surface area contributed by atoms with E-state index >= 15 is 0 Å². The molecule has 24 heavy (non-hydrogen) atoms. The molecule has 0 saturated heterocycles. The summed E-state index contributed by atoms with van der Waals surface area (Å²) in [5, 5.41) is 0. The van der Waals surface area contributed by atoms with Crippen LogP contribution in [0.1, 0.15) is 36.5 Å². The van der Waals surface area contributed by atoms with Gasteiger partial charge >= 0.3 is 6.18 Å². The Morgan fingerprint density at radius 2 is 1.33 bits per heavy atom. The van der Waals surface area contributed by atoms with E-state index < -0.39 is 23.4 Å². The number of alkyl halides is 3. The van der Waals surface area contributed by atoms with E-state index in [1.807, 2.05) is 6.92 Å². The third-order valence-corrected chi connectivity index (χ3v) is 4.12. The van der Waals surface area contributed by atoms with Crippen LogP contribution in [0.5, 0.6) is 0 Å². The minimum atomic E-state index is -4.31. The van der Waals surface area contributed by atoms with Crippen molar-refractivity contribution in [2.75, 3.05) is 0 Å². The lowest BCUT2D eigenvalue weighted by Crippen LogP contribution is -2.05. The van der Waals surface area contributed by atoms with Crippen LogP contribution in [0.3, 0.4) is 0 Å². The van der Waals surface area contributed by atoms with Crippen LogP contribution in [-0.2, 0) is 19.0 Å². The summed E-state index contributed by atoms with van der Waals surface area (Å²) < 4.78 is 63.5. The summed E-state index contributed by atoms with van der Waals surface area (Å²) in [6.45, 7) is 2.05. The van der Waals surface area contributed by atoms with Crippen molar-refractivity contribution in [2.45, 2.75) is 38.8 Å². The zero-order valence-corrected chi connectivity index (χ0v) is 13.3. The maximum absolute atomic E-state index is 13.1. The molecule has 1 unspecified atom stereocenters. The van der Waals surface area contributed by atoms with Gasteiger partial charge in [-0.15, -0.1) is 0 Å². The summed E-state index contributed by atoms with van der Waals surface area (Å²) in [4.78, 5) is 0. The number of hydrogen-bond donors (Lipinski definition) is 0. The SMILES string of the molecule is CC(CCc1ccc(C(F)(F)F)cc1)CCc1ccc(F)c(F)c1. The topological polar surface area (TPSA) is 0 Å². The van der Waals surface area contributed by atoms with E-state index in [0.717, 1.165) is 42.2 Å². The van der Waals surface area contributed by atoms with E-state index in [0.29, 0.717) is 18.8 Å². The molecule has 0 nitrogen and oxygen atoms in total. The second kappa shape index (κ2) is 7.77. The van der Waals surface area contributed by atoms with Crippen molar-refractivity contribution in [3.8, 4) is 0 Å². The first-order valence-corrected chi connectivity index (χ1v) is 7.86. The molecule has 0 aliphatic carbocycles. The Hall–Kier alpha value is -1.91. The standard InChI is InChI=1S/C19H19F5/c1-13(3-5-15-8-11-17(20)18(21)12-15)2-4-14-6-9-16(10-7-14)19(22,23)24/h6-13H,2-5H2,1H3. The fraction of sp³-hybridized carbons (Fsp3) is 0.368. The van der Waals surface area contributed by atoms with Crippen LogP contribution in [0.15, 0.2) is 42.5 Å². The zero-order chi connectivity index (χ0) is 17.7. The van der Waals surface area contributed by atoms with E-state index in [1.54, 1.807) is 6.07 Å². The van der Waals surface area contributed by atoms with Crippen molar-refractivity contribution in [3.63, 3.8) is 0 Å². The Labute approximate surface area is 138 Å². The van der Waals surface area contributed by atoms with Crippen molar-refractivity contribution in [3.05, 3.63) is 70.8 Å². The van der Waals surface area contributed by atoms with E-state index in [1.165, 1.54) is 18.2 Å². The van der Waals surface area contributed by atoms with E-state index in [9.17, 15) is 22.0 Å². The fourth-order valence-electron chi connectivity index (χ4n) is 2.53. The van der Waals surface area contributed by atoms with Crippen LogP contribution < -0.4 is 0 Å². The second-order valence-corrected chi connectivity index (χ2v) is 6.13. The molecule has 0 amide bonds. The Kier molecular flexibility index (Phi) is 5.97.